The van der Waals surface area contributed by atoms with Gasteiger partial charge in [0.2, 0.25) is 0 Å². The summed E-state index contributed by atoms with van der Waals surface area (Å²) < 4.78 is 14.4. The van der Waals surface area contributed by atoms with E-state index in [1.807, 2.05) is 6.08 Å². The molecule has 1 aliphatic carbocycles. The molecule has 0 aromatic rings. The quantitative estimate of drug-likeness (QED) is 0.0639. The molecule has 1 N–H and O–H groups in total. The van der Waals surface area contributed by atoms with Gasteiger partial charge in [-0.3, -0.25) is 4.79 Å². The van der Waals surface area contributed by atoms with Crippen LogP contribution in [0.25, 0.3) is 0 Å². The first-order valence-electron chi connectivity index (χ1n) is 15.2. The van der Waals surface area contributed by atoms with Gasteiger partial charge in [0, 0.05) is 5.57 Å². The number of terminal acetylenes is 1. The van der Waals surface area contributed by atoms with Gasteiger partial charge in [-0.15, -0.1) is 6.42 Å². The average Bonchev–Trinajstić information content (AvgIpc) is 2.93. The van der Waals surface area contributed by atoms with Crippen LogP contribution in [0.3, 0.4) is 0 Å². The fraction of sp³-hybridized carbons (Fsp3) is 0.781. The van der Waals surface area contributed by atoms with E-state index in [2.05, 4.69) is 81.2 Å². The Morgan fingerprint density at radius 3 is 2.03 bits per heavy atom. The molecule has 1 rings (SSSR count). The van der Waals surface area contributed by atoms with Crippen molar-refractivity contribution in [1.82, 2.24) is 0 Å². The van der Waals surface area contributed by atoms with E-state index in [9.17, 15) is 9.90 Å². The zero-order valence-electron chi connectivity index (χ0n) is 26.2. The largest absolute Gasteiger partial charge is 0.410 e. The molecule has 6 heteroatoms. The van der Waals surface area contributed by atoms with Gasteiger partial charge in [0.15, 0.2) is 16.6 Å². The van der Waals surface area contributed by atoms with E-state index in [4.69, 9.17) is 15.3 Å². The van der Waals surface area contributed by atoms with Crippen molar-refractivity contribution >= 4 is 22.9 Å². The molecule has 0 heterocycles. The van der Waals surface area contributed by atoms with Gasteiger partial charge in [0.1, 0.15) is 11.9 Å². The normalized spacial score (nSPS) is 23.5. The Hall–Kier alpha value is -0.976. The van der Waals surface area contributed by atoms with Crippen molar-refractivity contribution < 1.29 is 18.8 Å². The summed E-state index contributed by atoms with van der Waals surface area (Å²) in [5.41, 5.74) is 0.958. The lowest BCUT2D eigenvalue weighted by atomic mass is 9.65. The van der Waals surface area contributed by atoms with Gasteiger partial charge < -0.3 is 14.0 Å². The van der Waals surface area contributed by atoms with E-state index >= 15 is 0 Å². The molecule has 0 unspecified atom stereocenters. The monoisotopic (exact) mass is 562 g/mol. The number of aldehydes is 1. The predicted octanol–water partition coefficient (Wildman–Crippen LogP) is 8.15. The van der Waals surface area contributed by atoms with Crippen LogP contribution in [-0.4, -0.2) is 46.3 Å². The third-order valence-corrected chi connectivity index (χ3v) is 19.3. The maximum atomic E-state index is 11.8. The third kappa shape index (κ3) is 8.27. The zero-order chi connectivity index (χ0) is 29.1. The second-order valence-corrected chi connectivity index (χ2v) is 21.4. The first kappa shape index (κ1) is 35.1. The molecular weight excluding hydrogens is 505 g/mol. The molecule has 0 amide bonds. The van der Waals surface area contributed by atoms with Crippen LogP contribution in [0.4, 0.5) is 0 Å². The van der Waals surface area contributed by atoms with Crippen LogP contribution < -0.4 is 0 Å². The smallest absolute Gasteiger partial charge is 0.194 e. The van der Waals surface area contributed by atoms with Crippen molar-refractivity contribution in [2.75, 3.05) is 6.61 Å². The highest BCUT2D eigenvalue weighted by atomic mass is 28.4. The molecule has 38 heavy (non-hydrogen) atoms. The Morgan fingerprint density at radius 1 is 1.11 bits per heavy atom. The fourth-order valence-corrected chi connectivity index (χ4v) is 12.4. The molecule has 0 spiro atoms. The number of allylic oxidation sites excluding steroid dienone is 3. The Morgan fingerprint density at radius 2 is 1.63 bits per heavy atom. The van der Waals surface area contributed by atoms with Gasteiger partial charge in [-0.1, -0.05) is 79.0 Å². The van der Waals surface area contributed by atoms with E-state index in [1.165, 1.54) is 5.57 Å². The number of carbonyl (C=O) groups is 1. The molecule has 0 aromatic carbocycles. The molecule has 0 fully saturated rings. The maximum absolute atomic E-state index is 11.8. The van der Waals surface area contributed by atoms with E-state index in [-0.39, 0.29) is 24.5 Å². The molecule has 0 radical (unpaired) electrons. The highest BCUT2D eigenvalue weighted by molar-refractivity contribution is 6.74. The Bertz CT molecular complexity index is 818. The molecular formula is C32H58O4Si2. The van der Waals surface area contributed by atoms with Crippen LogP contribution in [0.15, 0.2) is 23.3 Å². The van der Waals surface area contributed by atoms with Gasteiger partial charge in [-0.2, -0.15) is 0 Å². The minimum Gasteiger partial charge on any atom is -0.410 e. The maximum Gasteiger partial charge on any atom is 0.194 e. The Balaban J connectivity index is 3.74. The number of aliphatic hydroxyl groups excluding tert-OH is 1. The molecule has 0 saturated carbocycles. The summed E-state index contributed by atoms with van der Waals surface area (Å²) in [5.74, 6) is 4.25. The standard InChI is InChI=1S/C32H58O4Si2/c1-12-32(11,36-38(16-5,17-6)18-7)31(35-37(13-2,14-3)15-4)22-29-26(10)19-20-28(25(8)9)30(29)21-27(23-33)24-34/h1,19,21,23,25,28-31,34H,13-18,20,22,24H2,2-11H3/b27-21-/t28-,29+,30-,31+,32+/m1/s1. The van der Waals surface area contributed by atoms with Crippen LogP contribution in [0.1, 0.15) is 82.1 Å². The zero-order valence-corrected chi connectivity index (χ0v) is 28.2. The SMILES string of the molecule is C#C[C@](C)(O[Si](CC)(CC)CC)[C@H](C[C@H]1C(C)=CC[C@H](C(C)C)[C@H]1/C=C(/C=O)CO)O[Si](CC)(CC)CC. The molecule has 218 valence electrons. The van der Waals surface area contributed by atoms with Crippen LogP contribution in [0.2, 0.25) is 36.3 Å². The molecule has 0 aromatic heterocycles. The minimum absolute atomic E-state index is 0.131. The lowest BCUT2D eigenvalue weighted by Gasteiger charge is -2.48. The van der Waals surface area contributed by atoms with Gasteiger partial charge in [0.25, 0.3) is 0 Å². The summed E-state index contributed by atoms with van der Waals surface area (Å²) in [6, 6.07) is 6.24. The van der Waals surface area contributed by atoms with E-state index < -0.39 is 22.2 Å². The second kappa shape index (κ2) is 15.7. The van der Waals surface area contributed by atoms with Gasteiger partial charge >= 0.3 is 0 Å². The Kier molecular flexibility index (Phi) is 14.5. The molecule has 0 bridgehead atoms. The number of aliphatic hydroxyl groups is 1. The lowest BCUT2D eigenvalue weighted by molar-refractivity contribution is -0.105. The van der Waals surface area contributed by atoms with Gasteiger partial charge in [-0.25, -0.2) is 0 Å². The summed E-state index contributed by atoms with van der Waals surface area (Å²) in [4.78, 5) is 11.8. The van der Waals surface area contributed by atoms with Crippen molar-refractivity contribution in [1.29, 1.82) is 0 Å². The van der Waals surface area contributed by atoms with Crippen molar-refractivity contribution in [3.05, 3.63) is 23.3 Å². The Labute approximate surface area is 237 Å². The van der Waals surface area contributed by atoms with Crippen molar-refractivity contribution in [2.45, 2.75) is 130 Å². The summed E-state index contributed by atoms with van der Waals surface area (Å²) >= 11 is 0. The summed E-state index contributed by atoms with van der Waals surface area (Å²) in [5, 5.41) is 9.87. The molecule has 0 aliphatic heterocycles. The van der Waals surface area contributed by atoms with E-state index in [0.717, 1.165) is 55.4 Å². The summed E-state index contributed by atoms with van der Waals surface area (Å²) in [6.07, 6.45) is 13.1. The highest BCUT2D eigenvalue weighted by Gasteiger charge is 2.48. The van der Waals surface area contributed by atoms with E-state index in [0.29, 0.717) is 17.4 Å². The average molecular weight is 563 g/mol. The van der Waals surface area contributed by atoms with Gasteiger partial charge in [0.05, 0.1) is 12.7 Å². The van der Waals surface area contributed by atoms with Crippen LogP contribution in [0, 0.1) is 36.0 Å². The first-order valence-corrected chi connectivity index (χ1v) is 20.3. The highest BCUT2D eigenvalue weighted by Crippen LogP contribution is 2.45. The summed E-state index contributed by atoms with van der Waals surface area (Å²) in [7, 11) is -4.04. The topological polar surface area (TPSA) is 55.8 Å². The van der Waals surface area contributed by atoms with Crippen LogP contribution >= 0.6 is 0 Å². The molecule has 0 saturated heterocycles. The molecule has 1 aliphatic rings. The minimum atomic E-state index is -2.02. The number of carbonyl (C=O) groups excluding carboxylic acids is 1. The first-order chi connectivity index (χ1) is 17.9. The number of hydrogen-bond donors (Lipinski definition) is 1. The third-order valence-electron chi connectivity index (χ3n) is 9.91. The second-order valence-electron chi connectivity index (χ2n) is 12.0. The van der Waals surface area contributed by atoms with Crippen LogP contribution in [0.5, 0.6) is 0 Å². The van der Waals surface area contributed by atoms with Crippen molar-refractivity contribution in [2.24, 2.45) is 23.7 Å². The lowest BCUT2D eigenvalue weighted by Crippen LogP contribution is -2.56. The summed E-state index contributed by atoms with van der Waals surface area (Å²) in [6.45, 7) is 22.1. The van der Waals surface area contributed by atoms with Crippen LogP contribution in [-0.2, 0) is 13.6 Å². The van der Waals surface area contributed by atoms with E-state index in [1.54, 1.807) is 0 Å². The molecule has 5 atom stereocenters. The van der Waals surface area contributed by atoms with Crippen molar-refractivity contribution in [3.63, 3.8) is 0 Å². The number of hydrogen-bond acceptors (Lipinski definition) is 4. The molecule has 4 nitrogen and oxygen atoms in total. The van der Waals surface area contributed by atoms with Crippen molar-refractivity contribution in [3.8, 4) is 12.3 Å². The number of rotatable bonds is 17. The fourth-order valence-electron chi connectivity index (χ4n) is 6.43. The predicted molar refractivity (Wildman–Crippen MR) is 167 cm³/mol. The van der Waals surface area contributed by atoms with Gasteiger partial charge in [-0.05, 0) is 86.6 Å².